The summed E-state index contributed by atoms with van der Waals surface area (Å²) in [4.78, 5) is 25.2. The fourth-order valence-corrected chi connectivity index (χ4v) is 21.2. The molecule has 0 saturated carbocycles. The van der Waals surface area contributed by atoms with E-state index in [-0.39, 0.29) is 30.1 Å². The number of fused-ring (bicyclic) bond motifs is 2. The fraction of sp³-hybridized carbons (Fsp3) is 0.250. The van der Waals surface area contributed by atoms with Crippen molar-refractivity contribution in [3.05, 3.63) is 419 Å². The van der Waals surface area contributed by atoms with Gasteiger partial charge in [-0.25, -0.2) is 23.7 Å². The van der Waals surface area contributed by atoms with Gasteiger partial charge in [0, 0.05) is 54.6 Å². The molecule has 23 heteroatoms. The lowest BCUT2D eigenvalue weighted by atomic mass is 10.0. The number of ether oxygens (including phenoxy) is 7. The van der Waals surface area contributed by atoms with Crippen molar-refractivity contribution in [3.8, 4) is 40.2 Å². The summed E-state index contributed by atoms with van der Waals surface area (Å²) in [5.41, 5.74) is 11.3. The first-order valence-electron chi connectivity index (χ1n) is 42.5. The van der Waals surface area contributed by atoms with Crippen LogP contribution in [0.5, 0.6) is 40.2 Å². The fourth-order valence-electron chi connectivity index (χ4n) is 14.0. The Bertz CT molecular complexity index is 5190. The van der Waals surface area contributed by atoms with Crippen molar-refractivity contribution in [2.75, 3.05) is 19.9 Å². The largest absolute Gasteiger partial charge is 0.489 e. The maximum atomic E-state index is 13.1. The molecule has 1 aliphatic carbocycles. The molecule has 662 valence electrons. The minimum Gasteiger partial charge on any atom is -0.489 e. The van der Waals surface area contributed by atoms with Gasteiger partial charge < -0.3 is 47.5 Å². The van der Waals surface area contributed by atoms with Crippen LogP contribution in [0.1, 0.15) is 125 Å². The Morgan fingerprint density at radius 2 is 0.929 bits per heavy atom. The molecule has 9 heterocycles. The monoisotopic (exact) mass is 1850 g/mol. The van der Waals surface area contributed by atoms with E-state index in [4.69, 9.17) is 72.8 Å². The molecule has 14 aromatic rings. The zero-order chi connectivity index (χ0) is 89.9. The second kappa shape index (κ2) is 56.4. The lowest BCUT2D eigenvalue weighted by Gasteiger charge is -2.44. The van der Waals surface area contributed by atoms with Crippen LogP contribution >= 0.6 is 50.7 Å². The molecular formula is C104H112BrCl3F2N8O8Si. The number of benzene rings is 8. The molecule has 4 aliphatic rings. The molecule has 6 aromatic heterocycles. The maximum Gasteiger partial charge on any atom is 0.231 e. The highest BCUT2D eigenvalue weighted by Gasteiger charge is 2.44. The van der Waals surface area contributed by atoms with Gasteiger partial charge in [0.1, 0.15) is 81.9 Å². The molecule has 3 aliphatic heterocycles. The molecule has 0 bridgehead atoms. The highest BCUT2D eigenvalue weighted by molar-refractivity contribution is 9.18. The van der Waals surface area contributed by atoms with E-state index in [0.717, 1.165) is 90.4 Å². The molecule has 0 spiro atoms. The van der Waals surface area contributed by atoms with Crippen LogP contribution in [0, 0.1) is 17.6 Å². The zero-order valence-corrected chi connectivity index (χ0v) is 77.7. The summed E-state index contributed by atoms with van der Waals surface area (Å²) in [7, 11) is -1.43. The Hall–Kier alpha value is -11.8. The predicted molar refractivity (Wildman–Crippen MR) is 514 cm³/mol. The predicted octanol–water partition coefficient (Wildman–Crippen LogP) is 27.5. The molecule has 1 fully saturated rings. The number of nitrogens with one attached hydrogen (secondary N) is 1. The van der Waals surface area contributed by atoms with Crippen LogP contribution < -0.4 is 38.5 Å². The minimum atomic E-state index is -1.43. The number of aryl methyl sites for hydroxylation is 2. The highest BCUT2D eigenvalue weighted by atomic mass is 79.9. The van der Waals surface area contributed by atoms with E-state index in [0.29, 0.717) is 54.4 Å². The third-order valence-electron chi connectivity index (χ3n) is 20.2. The van der Waals surface area contributed by atoms with Crippen LogP contribution in [0.3, 0.4) is 0 Å². The number of hydrogen-bond donors (Lipinski definition) is 1. The molecule has 8 aromatic carbocycles. The van der Waals surface area contributed by atoms with Crippen LogP contribution in [-0.4, -0.2) is 61.9 Å². The van der Waals surface area contributed by atoms with Crippen molar-refractivity contribution >= 4 is 63.6 Å². The molecule has 18 rings (SSSR count). The van der Waals surface area contributed by atoms with E-state index in [2.05, 4.69) is 153 Å². The molecule has 0 amide bonds. The SMILES string of the molecule is BrC1=NOC(c2ccccc2)C1.CC(C)[Si](C(C)C)(C(C)C)n1cccc1.CC1CCNCC1.Clc1ccc(COc2ccccc2)cn1.Clc1cccc(COc2ccccc2)n1.Fc1cccc(OCc2ccc(Cl)nc2)c1.Fc1ccccc1OCc1ccccn1.c1ccc(OCc2ccncc2)cc1.c1ccc2c(c1)CCC2.c1ccc2c(c1)OCO2. The van der Waals surface area contributed by atoms with E-state index in [1.54, 1.807) is 90.6 Å². The van der Waals surface area contributed by atoms with Crippen molar-refractivity contribution < 1.29 is 46.8 Å². The number of hydrogen-bond acceptors (Lipinski definition) is 15. The van der Waals surface area contributed by atoms with E-state index in [1.807, 2.05) is 200 Å². The van der Waals surface area contributed by atoms with Gasteiger partial charge in [0.25, 0.3) is 0 Å². The van der Waals surface area contributed by atoms with Crippen LogP contribution in [0.4, 0.5) is 8.78 Å². The van der Waals surface area contributed by atoms with Gasteiger partial charge in [-0.2, -0.15) is 0 Å². The standard InChI is InChI=1S/C13H25NSi.C12H9ClFNO.2C12H10ClNO.C12H10FNO.C12H11NO.C9H8BrNO.C9H10.C7H6O2.C6H13N/c1-11(2)15(12(3)4,13(5)6)14-9-7-8-10-14;13-12-5-4-9(7-15-12)8-16-11-3-1-2-10(14)6-11;13-12-8-4-5-10(14-12)9-15-11-6-2-1-3-7-11;13-12-7-6-10(8-14-12)9-15-11-4-2-1-3-5-11;13-11-6-1-2-7-12(11)15-9-10-5-3-4-8-14-10;1-2-4-12(5-3-1)14-10-11-6-8-13-9-7-11;10-9-6-8(12-11-9)7-4-2-1-3-5-7;1-2-5-9-7-3-6-8(9)4-1;1-2-4-7-6(3-1)8-5-9-7;1-6-2-4-7-5-3-6/h7-13H,1-6H3;1-7H,8H2;3*1-8H,9H2;1-9H,10H2;1-5,8H,6H2;1-2,4-5H,3,6-7H2;1-4H,5H2;6-7H,2-5H2,1H3. The molecule has 1 atom stereocenters. The quantitative estimate of drug-likeness (QED) is 0.0565. The summed E-state index contributed by atoms with van der Waals surface area (Å²) in [5, 5.41) is 8.57. The van der Waals surface area contributed by atoms with Gasteiger partial charge in [0.05, 0.1) is 11.4 Å². The first-order valence-corrected chi connectivity index (χ1v) is 46.6. The summed E-state index contributed by atoms with van der Waals surface area (Å²) in [6.45, 7) is 21.7. The third-order valence-corrected chi connectivity index (χ3v) is 28.1. The Morgan fingerprint density at radius 3 is 1.41 bits per heavy atom. The van der Waals surface area contributed by atoms with Crippen molar-refractivity contribution in [1.82, 2.24) is 34.5 Å². The molecule has 16 nitrogen and oxygen atoms in total. The van der Waals surface area contributed by atoms with Crippen LogP contribution in [0.15, 0.2) is 352 Å². The smallest absolute Gasteiger partial charge is 0.231 e. The van der Waals surface area contributed by atoms with Crippen molar-refractivity contribution in [1.29, 1.82) is 0 Å². The molecule has 1 N–H and O–H groups in total. The van der Waals surface area contributed by atoms with Crippen LogP contribution in [0.2, 0.25) is 32.1 Å². The average molecular weight is 1850 g/mol. The summed E-state index contributed by atoms with van der Waals surface area (Å²) in [6.07, 6.45) is 20.7. The first kappa shape index (κ1) is 99.0. The Kier molecular flexibility index (Phi) is 43.9. The first-order chi connectivity index (χ1) is 61.9. The maximum absolute atomic E-state index is 13.1. The third kappa shape index (κ3) is 36.6. The van der Waals surface area contributed by atoms with Gasteiger partial charge >= 0.3 is 0 Å². The summed E-state index contributed by atoms with van der Waals surface area (Å²) >= 11 is 20.4. The second-order valence-corrected chi connectivity index (χ2v) is 38.2. The van der Waals surface area contributed by atoms with Crippen molar-refractivity contribution in [2.45, 2.75) is 143 Å². The van der Waals surface area contributed by atoms with Gasteiger partial charge in [-0.1, -0.05) is 252 Å². The lowest BCUT2D eigenvalue weighted by molar-refractivity contribution is 0.0858. The van der Waals surface area contributed by atoms with E-state index in [9.17, 15) is 8.78 Å². The normalized spacial score (nSPS) is 12.9. The highest BCUT2D eigenvalue weighted by Crippen LogP contribution is 2.42. The number of oxime groups is 1. The summed E-state index contributed by atoms with van der Waals surface area (Å²) < 4.78 is 66.9. The van der Waals surface area contributed by atoms with Gasteiger partial charge in [-0.05, 0) is 252 Å². The number of para-hydroxylation sites is 6. The molecule has 0 radical (unpaired) electrons. The topological polar surface area (TPSA) is 168 Å². The molecule has 1 unspecified atom stereocenters. The van der Waals surface area contributed by atoms with Gasteiger partial charge in [-0.3, -0.25) is 9.97 Å². The number of pyridine rings is 5. The van der Waals surface area contributed by atoms with Gasteiger partial charge in [0.15, 0.2) is 37.4 Å². The zero-order valence-electron chi connectivity index (χ0n) is 72.9. The van der Waals surface area contributed by atoms with Crippen molar-refractivity contribution in [2.24, 2.45) is 11.1 Å². The molecule has 127 heavy (non-hydrogen) atoms. The lowest BCUT2D eigenvalue weighted by Crippen LogP contribution is -2.51. The van der Waals surface area contributed by atoms with Crippen molar-refractivity contribution in [3.63, 3.8) is 0 Å². The van der Waals surface area contributed by atoms with E-state index < -0.39 is 8.24 Å². The minimum absolute atomic E-state index is 0.0978. The Labute approximate surface area is 771 Å². The van der Waals surface area contributed by atoms with Gasteiger partial charge in [-0.15, -0.1) is 0 Å². The summed E-state index contributed by atoms with van der Waals surface area (Å²) in [5.74, 6) is 5.32. The number of rotatable bonds is 20. The van der Waals surface area contributed by atoms with E-state index >= 15 is 0 Å². The number of aromatic nitrogens is 6. The van der Waals surface area contributed by atoms with Crippen LogP contribution in [-0.2, 0) is 50.7 Å². The van der Waals surface area contributed by atoms with Crippen LogP contribution in [0.25, 0.3) is 0 Å². The Balaban J connectivity index is 0.000000161. The average Bonchev–Trinajstić information content (AvgIpc) is 1.60. The molecular weight excluding hydrogens is 1740 g/mol. The Morgan fingerprint density at radius 1 is 0.457 bits per heavy atom. The van der Waals surface area contributed by atoms with E-state index in [1.165, 1.54) is 69.0 Å². The second-order valence-electron chi connectivity index (χ2n) is 30.4. The van der Waals surface area contributed by atoms with Gasteiger partial charge in [0.2, 0.25) is 6.79 Å². The number of nitrogens with zero attached hydrogens (tertiary/aromatic N) is 7. The molecule has 1 saturated heterocycles. The number of piperidine rings is 1. The number of halogens is 6. The summed E-state index contributed by atoms with van der Waals surface area (Å²) in [6, 6.07) is 94.3.